The first-order valence-corrected chi connectivity index (χ1v) is 11.4. The third-order valence-corrected chi connectivity index (χ3v) is 6.19. The SMILES string of the molecule is CCOc1ccc(/C(O)=C2/C(=O)C(=O)N(CCCOC(C)C)C2c2sccc2C)cc1. The Balaban J connectivity index is 1.98. The fourth-order valence-electron chi connectivity index (χ4n) is 3.63. The van der Waals surface area contributed by atoms with Gasteiger partial charge in [0, 0.05) is 23.6 Å². The topological polar surface area (TPSA) is 76.1 Å². The van der Waals surface area contributed by atoms with Crippen LogP contribution in [0, 0.1) is 6.92 Å². The van der Waals surface area contributed by atoms with Crippen molar-refractivity contribution in [3.8, 4) is 5.75 Å². The van der Waals surface area contributed by atoms with Crippen LogP contribution < -0.4 is 4.74 Å². The fraction of sp³-hybridized carbons (Fsp3) is 0.417. The molecule has 3 rings (SSSR count). The number of aliphatic hydroxyl groups excluding tert-OH is 1. The van der Waals surface area contributed by atoms with E-state index in [1.807, 2.05) is 39.1 Å². The lowest BCUT2D eigenvalue weighted by molar-refractivity contribution is -0.140. The molecule has 31 heavy (non-hydrogen) atoms. The number of rotatable bonds is 9. The highest BCUT2D eigenvalue weighted by Gasteiger charge is 2.46. The van der Waals surface area contributed by atoms with Crippen molar-refractivity contribution in [2.45, 2.75) is 46.3 Å². The van der Waals surface area contributed by atoms with Gasteiger partial charge in [-0.15, -0.1) is 11.3 Å². The summed E-state index contributed by atoms with van der Waals surface area (Å²) in [4.78, 5) is 28.4. The number of ether oxygens (including phenoxy) is 2. The summed E-state index contributed by atoms with van der Waals surface area (Å²) in [7, 11) is 0. The van der Waals surface area contributed by atoms with Gasteiger partial charge in [-0.2, -0.15) is 0 Å². The van der Waals surface area contributed by atoms with Crippen molar-refractivity contribution in [1.29, 1.82) is 0 Å². The van der Waals surface area contributed by atoms with Crippen LogP contribution in [0.1, 0.15) is 49.2 Å². The number of nitrogens with zero attached hydrogens (tertiary/aromatic N) is 1. The van der Waals surface area contributed by atoms with Crippen LogP contribution in [-0.4, -0.2) is 47.6 Å². The summed E-state index contributed by atoms with van der Waals surface area (Å²) in [6, 6.07) is 8.22. The van der Waals surface area contributed by atoms with Crippen molar-refractivity contribution in [2.75, 3.05) is 19.8 Å². The standard InChI is InChI=1S/C24H29NO5S/c1-5-29-18-9-7-17(8-10-18)21(26)19-20(23-16(4)11-14-31-23)25(24(28)22(19)27)12-6-13-30-15(2)3/h7-11,14-15,20,26H,5-6,12-13H2,1-4H3/b21-19-. The molecule has 1 aliphatic rings. The second-order valence-electron chi connectivity index (χ2n) is 7.69. The van der Waals surface area contributed by atoms with E-state index in [0.29, 0.717) is 37.5 Å². The Morgan fingerprint density at radius 1 is 1.19 bits per heavy atom. The number of hydrogen-bond acceptors (Lipinski definition) is 6. The van der Waals surface area contributed by atoms with Gasteiger partial charge < -0.3 is 19.5 Å². The summed E-state index contributed by atoms with van der Waals surface area (Å²) in [5, 5.41) is 13.0. The monoisotopic (exact) mass is 443 g/mol. The average molecular weight is 444 g/mol. The summed E-state index contributed by atoms with van der Waals surface area (Å²) < 4.78 is 11.0. The normalized spacial score (nSPS) is 18.2. The van der Waals surface area contributed by atoms with Crippen molar-refractivity contribution < 1.29 is 24.2 Å². The molecule has 0 saturated carbocycles. The maximum Gasteiger partial charge on any atom is 0.295 e. The van der Waals surface area contributed by atoms with Gasteiger partial charge in [0.1, 0.15) is 11.5 Å². The van der Waals surface area contributed by atoms with Gasteiger partial charge >= 0.3 is 0 Å². The number of benzene rings is 1. The van der Waals surface area contributed by atoms with Gasteiger partial charge in [-0.05, 0) is 75.4 Å². The first-order valence-electron chi connectivity index (χ1n) is 10.5. The van der Waals surface area contributed by atoms with E-state index >= 15 is 0 Å². The highest BCUT2D eigenvalue weighted by atomic mass is 32.1. The molecule has 1 aromatic heterocycles. The van der Waals surface area contributed by atoms with Gasteiger partial charge in [0.05, 0.1) is 24.3 Å². The number of carbonyl (C=O) groups excluding carboxylic acids is 2. The highest BCUT2D eigenvalue weighted by molar-refractivity contribution is 7.10. The Hall–Kier alpha value is -2.64. The van der Waals surface area contributed by atoms with E-state index in [0.717, 1.165) is 10.4 Å². The second kappa shape index (κ2) is 10.1. The number of carbonyl (C=O) groups is 2. The molecule has 2 aromatic rings. The zero-order valence-electron chi connectivity index (χ0n) is 18.4. The molecule has 1 unspecified atom stereocenters. The minimum Gasteiger partial charge on any atom is -0.507 e. The minimum atomic E-state index is -0.658. The molecule has 2 heterocycles. The lowest BCUT2D eigenvalue weighted by Gasteiger charge is -2.25. The average Bonchev–Trinajstić information content (AvgIpc) is 3.26. The van der Waals surface area contributed by atoms with Crippen LogP contribution >= 0.6 is 11.3 Å². The Labute approximate surface area is 187 Å². The van der Waals surface area contributed by atoms with Crippen LogP contribution in [0.15, 0.2) is 41.3 Å². The zero-order chi connectivity index (χ0) is 22.5. The van der Waals surface area contributed by atoms with Crippen molar-refractivity contribution in [2.24, 2.45) is 0 Å². The van der Waals surface area contributed by atoms with Crippen molar-refractivity contribution >= 4 is 28.8 Å². The predicted molar refractivity (Wildman–Crippen MR) is 121 cm³/mol. The van der Waals surface area contributed by atoms with E-state index in [2.05, 4.69) is 0 Å². The number of thiophene rings is 1. The molecule has 1 fully saturated rings. The maximum atomic E-state index is 13.0. The molecule has 7 heteroatoms. The maximum absolute atomic E-state index is 13.0. The van der Waals surface area contributed by atoms with Gasteiger partial charge in [-0.1, -0.05) is 0 Å². The van der Waals surface area contributed by atoms with Crippen LogP contribution in [-0.2, 0) is 14.3 Å². The first-order chi connectivity index (χ1) is 14.8. The van der Waals surface area contributed by atoms with E-state index in [-0.39, 0.29) is 17.4 Å². The molecular weight excluding hydrogens is 414 g/mol. The molecule has 1 saturated heterocycles. The number of Topliss-reactive ketones (excluding diaryl/α,β-unsaturated/α-hetero) is 1. The third kappa shape index (κ3) is 4.99. The number of ketones is 1. The summed E-state index contributed by atoms with van der Waals surface area (Å²) >= 11 is 1.48. The fourth-order valence-corrected chi connectivity index (χ4v) is 4.68. The van der Waals surface area contributed by atoms with Crippen molar-refractivity contribution in [3.05, 3.63) is 57.3 Å². The summed E-state index contributed by atoms with van der Waals surface area (Å²) in [6.45, 7) is 9.16. The smallest absolute Gasteiger partial charge is 0.295 e. The summed E-state index contributed by atoms with van der Waals surface area (Å²) in [5.74, 6) is -0.737. The predicted octanol–water partition coefficient (Wildman–Crippen LogP) is 4.69. The summed E-state index contributed by atoms with van der Waals surface area (Å²) in [5.41, 5.74) is 1.59. The Bertz CT molecular complexity index is 961. The van der Waals surface area contributed by atoms with Gasteiger partial charge in [0.15, 0.2) is 0 Å². The molecule has 1 N–H and O–H groups in total. The lowest BCUT2D eigenvalue weighted by atomic mass is 9.98. The summed E-state index contributed by atoms with van der Waals surface area (Å²) in [6.07, 6.45) is 0.709. The largest absolute Gasteiger partial charge is 0.507 e. The molecule has 0 bridgehead atoms. The number of amides is 1. The van der Waals surface area contributed by atoms with Crippen LogP contribution in [0.2, 0.25) is 0 Å². The third-order valence-electron chi connectivity index (χ3n) is 5.12. The number of likely N-dealkylation sites (tertiary alicyclic amines) is 1. The zero-order valence-corrected chi connectivity index (χ0v) is 19.2. The van der Waals surface area contributed by atoms with Crippen LogP contribution in [0.25, 0.3) is 5.76 Å². The van der Waals surface area contributed by atoms with E-state index in [9.17, 15) is 14.7 Å². The number of aryl methyl sites for hydroxylation is 1. The molecular formula is C24H29NO5S. The molecule has 1 aromatic carbocycles. The van der Waals surface area contributed by atoms with Crippen LogP contribution in [0.5, 0.6) is 5.75 Å². The number of hydrogen-bond donors (Lipinski definition) is 1. The Morgan fingerprint density at radius 3 is 2.48 bits per heavy atom. The Kier molecular flexibility index (Phi) is 7.51. The van der Waals surface area contributed by atoms with E-state index in [1.165, 1.54) is 11.3 Å². The van der Waals surface area contributed by atoms with Crippen LogP contribution in [0.4, 0.5) is 0 Å². The Morgan fingerprint density at radius 2 is 1.90 bits per heavy atom. The highest BCUT2D eigenvalue weighted by Crippen LogP contribution is 2.42. The quantitative estimate of drug-likeness (QED) is 0.263. The lowest BCUT2D eigenvalue weighted by Crippen LogP contribution is -2.31. The molecule has 1 atom stereocenters. The van der Waals surface area contributed by atoms with E-state index in [1.54, 1.807) is 29.2 Å². The molecule has 0 spiro atoms. The molecule has 1 aliphatic heterocycles. The van der Waals surface area contributed by atoms with Gasteiger partial charge in [-0.25, -0.2) is 0 Å². The van der Waals surface area contributed by atoms with Gasteiger partial charge in [-0.3, -0.25) is 9.59 Å². The van der Waals surface area contributed by atoms with Crippen LogP contribution in [0.3, 0.4) is 0 Å². The molecule has 1 amide bonds. The van der Waals surface area contributed by atoms with E-state index in [4.69, 9.17) is 9.47 Å². The van der Waals surface area contributed by atoms with Crippen molar-refractivity contribution in [1.82, 2.24) is 4.90 Å². The molecule has 166 valence electrons. The molecule has 0 radical (unpaired) electrons. The van der Waals surface area contributed by atoms with Crippen molar-refractivity contribution in [3.63, 3.8) is 0 Å². The molecule has 6 nitrogen and oxygen atoms in total. The minimum absolute atomic E-state index is 0.102. The first kappa shape index (κ1) is 23.0. The molecule has 0 aliphatic carbocycles. The second-order valence-corrected chi connectivity index (χ2v) is 8.64. The van der Waals surface area contributed by atoms with Gasteiger partial charge in [0.25, 0.3) is 11.7 Å². The van der Waals surface area contributed by atoms with E-state index < -0.39 is 17.7 Å². The number of aliphatic hydroxyl groups is 1. The van der Waals surface area contributed by atoms with Gasteiger partial charge in [0.2, 0.25) is 0 Å².